The summed E-state index contributed by atoms with van der Waals surface area (Å²) in [6.07, 6.45) is 4.99. The number of aromatic nitrogens is 2. The molecule has 4 rings (SSSR count). The highest BCUT2D eigenvalue weighted by atomic mass is 32.1. The monoisotopic (exact) mass is 355 g/mol. The van der Waals surface area contributed by atoms with Gasteiger partial charge in [0.2, 0.25) is 0 Å². The Bertz CT molecular complexity index is 893. The van der Waals surface area contributed by atoms with E-state index in [9.17, 15) is 4.39 Å². The average Bonchev–Trinajstić information content (AvgIpc) is 2.77. The Morgan fingerprint density at radius 3 is 2.32 bits per heavy atom. The summed E-state index contributed by atoms with van der Waals surface area (Å²) in [5, 5.41) is 1.13. The average molecular weight is 355 g/mol. The molecule has 1 saturated heterocycles. The van der Waals surface area contributed by atoms with Gasteiger partial charge in [-0.25, -0.2) is 14.4 Å². The molecule has 0 aliphatic carbocycles. The highest BCUT2D eigenvalue weighted by molar-refractivity contribution is 7.19. The summed E-state index contributed by atoms with van der Waals surface area (Å²) >= 11 is 1.70. The molecule has 25 heavy (non-hydrogen) atoms. The molecular weight excluding hydrogens is 333 g/mol. The van der Waals surface area contributed by atoms with E-state index >= 15 is 0 Å². The topological polar surface area (TPSA) is 29.0 Å². The molecule has 0 N–H and O–H groups in total. The van der Waals surface area contributed by atoms with E-state index in [1.165, 1.54) is 42.7 Å². The fourth-order valence-electron chi connectivity index (χ4n) is 3.67. The van der Waals surface area contributed by atoms with Crippen LogP contribution >= 0.6 is 11.3 Å². The minimum atomic E-state index is -0.208. The van der Waals surface area contributed by atoms with Gasteiger partial charge in [-0.2, -0.15) is 0 Å². The number of benzene rings is 1. The van der Waals surface area contributed by atoms with Crippen LogP contribution in [0.1, 0.15) is 36.4 Å². The predicted molar refractivity (Wildman–Crippen MR) is 103 cm³/mol. The molecule has 0 spiro atoms. The molecule has 1 aromatic carbocycles. The van der Waals surface area contributed by atoms with Gasteiger partial charge >= 0.3 is 0 Å². The molecule has 0 atom stereocenters. The number of nitrogens with zero attached hydrogens (tertiary/aromatic N) is 3. The van der Waals surface area contributed by atoms with Crippen LogP contribution in [0.25, 0.3) is 21.3 Å². The summed E-state index contributed by atoms with van der Waals surface area (Å²) in [7, 11) is 0. The van der Waals surface area contributed by atoms with Gasteiger partial charge in [0.1, 0.15) is 22.3 Å². The number of anilines is 1. The van der Waals surface area contributed by atoms with Crippen LogP contribution in [-0.4, -0.2) is 23.1 Å². The van der Waals surface area contributed by atoms with Gasteiger partial charge in [0.15, 0.2) is 0 Å². The lowest BCUT2D eigenvalue weighted by molar-refractivity contribution is 0.628. The Morgan fingerprint density at radius 1 is 0.960 bits per heavy atom. The van der Waals surface area contributed by atoms with Gasteiger partial charge in [-0.1, -0.05) is 25.0 Å². The van der Waals surface area contributed by atoms with Gasteiger partial charge in [0, 0.05) is 23.5 Å². The quantitative estimate of drug-likeness (QED) is 0.608. The van der Waals surface area contributed by atoms with E-state index in [2.05, 4.69) is 16.8 Å². The molecule has 0 radical (unpaired) electrons. The molecule has 5 heteroatoms. The first-order chi connectivity index (χ1) is 12.1. The minimum absolute atomic E-state index is 0.208. The second-order valence-corrected chi connectivity index (χ2v) is 7.92. The molecule has 0 saturated carbocycles. The lowest BCUT2D eigenvalue weighted by atomic mass is 10.0. The Morgan fingerprint density at radius 2 is 1.64 bits per heavy atom. The van der Waals surface area contributed by atoms with Crippen molar-refractivity contribution in [3.63, 3.8) is 0 Å². The molecule has 1 aliphatic heterocycles. The van der Waals surface area contributed by atoms with Crippen molar-refractivity contribution < 1.29 is 4.39 Å². The van der Waals surface area contributed by atoms with Crippen LogP contribution in [0.2, 0.25) is 0 Å². The zero-order valence-electron chi connectivity index (χ0n) is 14.7. The van der Waals surface area contributed by atoms with Gasteiger partial charge in [-0.05, 0) is 44.4 Å². The highest BCUT2D eigenvalue weighted by Gasteiger charge is 2.22. The van der Waals surface area contributed by atoms with Crippen molar-refractivity contribution in [1.82, 2.24) is 9.97 Å². The van der Waals surface area contributed by atoms with E-state index < -0.39 is 0 Å². The molecule has 0 amide bonds. The van der Waals surface area contributed by atoms with Gasteiger partial charge < -0.3 is 4.90 Å². The Labute approximate surface area is 151 Å². The SMILES string of the molecule is Cc1nc(N2CCCCCC2)c2c(-c3ccc(F)cc3)c(C)sc2n1. The first-order valence-corrected chi connectivity index (χ1v) is 9.74. The molecular formula is C20H22FN3S. The van der Waals surface area contributed by atoms with Crippen LogP contribution in [0.5, 0.6) is 0 Å². The molecule has 2 aromatic heterocycles. The van der Waals surface area contributed by atoms with Crippen molar-refractivity contribution in [3.05, 3.63) is 40.8 Å². The zero-order chi connectivity index (χ0) is 17.4. The summed E-state index contributed by atoms with van der Waals surface area (Å²) < 4.78 is 13.4. The first kappa shape index (κ1) is 16.5. The predicted octanol–water partition coefficient (Wildman–Crippen LogP) is 5.49. The van der Waals surface area contributed by atoms with E-state index in [0.29, 0.717) is 0 Å². The zero-order valence-corrected chi connectivity index (χ0v) is 15.5. The van der Waals surface area contributed by atoms with Crippen molar-refractivity contribution in [3.8, 4) is 11.1 Å². The summed E-state index contributed by atoms with van der Waals surface area (Å²) in [4.78, 5) is 14.2. The smallest absolute Gasteiger partial charge is 0.141 e. The van der Waals surface area contributed by atoms with Gasteiger partial charge in [-0.3, -0.25) is 0 Å². The third-order valence-electron chi connectivity index (χ3n) is 4.86. The Hall–Kier alpha value is -2.01. The van der Waals surface area contributed by atoms with Crippen LogP contribution in [-0.2, 0) is 0 Å². The largest absolute Gasteiger partial charge is 0.356 e. The Balaban J connectivity index is 1.94. The van der Waals surface area contributed by atoms with Crippen LogP contribution in [0.15, 0.2) is 24.3 Å². The summed E-state index contributed by atoms with van der Waals surface area (Å²) in [5.74, 6) is 1.66. The number of rotatable bonds is 2. The fraction of sp³-hybridized carbons (Fsp3) is 0.400. The second-order valence-electron chi connectivity index (χ2n) is 6.72. The van der Waals surface area contributed by atoms with Gasteiger partial charge in [-0.15, -0.1) is 11.3 Å². The molecule has 3 aromatic rings. The molecule has 1 aliphatic rings. The standard InChI is InChI=1S/C20H22FN3S/c1-13-17(15-7-9-16(21)10-8-15)18-19(22-14(2)23-20(18)25-13)24-11-5-3-4-6-12-24/h7-10H,3-6,11-12H2,1-2H3. The fourth-order valence-corrected chi connectivity index (χ4v) is 4.76. The lowest BCUT2D eigenvalue weighted by Gasteiger charge is -2.23. The number of hydrogen-bond donors (Lipinski definition) is 0. The van der Waals surface area contributed by atoms with E-state index in [1.54, 1.807) is 11.3 Å². The molecule has 1 fully saturated rings. The van der Waals surface area contributed by atoms with E-state index in [4.69, 9.17) is 4.98 Å². The van der Waals surface area contributed by atoms with Crippen molar-refractivity contribution in [1.29, 1.82) is 0 Å². The number of thiophene rings is 1. The van der Waals surface area contributed by atoms with Crippen molar-refractivity contribution in [2.75, 3.05) is 18.0 Å². The van der Waals surface area contributed by atoms with E-state index in [-0.39, 0.29) is 5.82 Å². The van der Waals surface area contributed by atoms with E-state index in [0.717, 1.165) is 46.1 Å². The van der Waals surface area contributed by atoms with Crippen LogP contribution in [0, 0.1) is 19.7 Å². The first-order valence-electron chi connectivity index (χ1n) is 8.92. The number of hydrogen-bond acceptors (Lipinski definition) is 4. The van der Waals surface area contributed by atoms with Crippen molar-refractivity contribution in [2.24, 2.45) is 0 Å². The summed E-state index contributed by atoms with van der Waals surface area (Å²) in [5.41, 5.74) is 2.19. The third-order valence-corrected chi connectivity index (χ3v) is 5.86. The summed E-state index contributed by atoms with van der Waals surface area (Å²) in [6, 6.07) is 6.77. The van der Waals surface area contributed by atoms with E-state index in [1.807, 2.05) is 19.1 Å². The molecule has 130 valence electrons. The van der Waals surface area contributed by atoms with Crippen LogP contribution in [0.4, 0.5) is 10.2 Å². The Kier molecular flexibility index (Phi) is 4.42. The number of fused-ring (bicyclic) bond motifs is 1. The second kappa shape index (κ2) is 6.71. The van der Waals surface area contributed by atoms with Gasteiger partial charge in [0.05, 0.1) is 5.39 Å². The number of aryl methyl sites for hydroxylation is 2. The highest BCUT2D eigenvalue weighted by Crippen LogP contribution is 2.42. The molecule has 3 heterocycles. The minimum Gasteiger partial charge on any atom is -0.356 e. The van der Waals surface area contributed by atoms with Crippen molar-refractivity contribution in [2.45, 2.75) is 39.5 Å². The van der Waals surface area contributed by atoms with Crippen molar-refractivity contribution >= 4 is 27.4 Å². The maximum Gasteiger partial charge on any atom is 0.141 e. The number of halogens is 1. The maximum atomic E-state index is 13.4. The summed E-state index contributed by atoms with van der Waals surface area (Å²) in [6.45, 7) is 6.17. The van der Waals surface area contributed by atoms with Crippen LogP contribution in [0.3, 0.4) is 0 Å². The third kappa shape index (κ3) is 3.13. The molecule has 0 bridgehead atoms. The normalized spacial score (nSPS) is 15.6. The lowest BCUT2D eigenvalue weighted by Crippen LogP contribution is -2.25. The molecule has 3 nitrogen and oxygen atoms in total. The van der Waals surface area contributed by atoms with Crippen LogP contribution < -0.4 is 4.90 Å². The van der Waals surface area contributed by atoms with Gasteiger partial charge in [0.25, 0.3) is 0 Å². The maximum absolute atomic E-state index is 13.4. The molecule has 0 unspecified atom stereocenters.